The predicted octanol–water partition coefficient (Wildman–Crippen LogP) is 2.48. The van der Waals surface area contributed by atoms with E-state index in [2.05, 4.69) is 10.0 Å². The second-order valence-corrected chi connectivity index (χ2v) is 7.16. The highest BCUT2D eigenvalue weighted by molar-refractivity contribution is 7.89. The summed E-state index contributed by atoms with van der Waals surface area (Å²) in [6.07, 6.45) is 3.32. The van der Waals surface area contributed by atoms with E-state index in [1.54, 1.807) is 12.1 Å². The minimum Gasteiger partial charge on any atom is -0.450 e. The lowest BCUT2D eigenvalue weighted by Crippen LogP contribution is -2.36. The molecule has 1 saturated carbocycles. The van der Waals surface area contributed by atoms with Gasteiger partial charge in [-0.1, -0.05) is 19.3 Å². The van der Waals surface area contributed by atoms with E-state index in [1.165, 1.54) is 25.5 Å². The minimum atomic E-state index is -3.47. The number of carboxylic acid groups (broad SMARTS) is 2. The first kappa shape index (κ1) is 19.9. The predicted molar refractivity (Wildman–Crippen MR) is 88.6 cm³/mol. The van der Waals surface area contributed by atoms with Gasteiger partial charge in [0.1, 0.15) is 0 Å². The summed E-state index contributed by atoms with van der Waals surface area (Å²) in [7, 11) is -3.47. The SMILES string of the molecule is CC(=O)Nc1ccc(S(=O)(=O)NC2CCCCC2)cc1.O=C(O)O. The molecule has 0 radical (unpaired) electrons. The highest BCUT2D eigenvalue weighted by Crippen LogP contribution is 2.20. The molecule has 0 spiro atoms. The number of amides is 1. The highest BCUT2D eigenvalue weighted by Gasteiger charge is 2.21. The highest BCUT2D eigenvalue weighted by atomic mass is 32.2. The van der Waals surface area contributed by atoms with Crippen molar-refractivity contribution in [2.75, 3.05) is 5.32 Å². The van der Waals surface area contributed by atoms with Crippen LogP contribution in [0.25, 0.3) is 0 Å². The van der Waals surface area contributed by atoms with Crippen molar-refractivity contribution < 1.29 is 28.2 Å². The molecule has 1 aliphatic rings. The van der Waals surface area contributed by atoms with E-state index in [1.807, 2.05) is 0 Å². The van der Waals surface area contributed by atoms with E-state index in [9.17, 15) is 13.2 Å². The van der Waals surface area contributed by atoms with Gasteiger partial charge < -0.3 is 15.5 Å². The maximum absolute atomic E-state index is 12.2. The molecule has 1 aromatic rings. The Morgan fingerprint density at radius 1 is 1.04 bits per heavy atom. The van der Waals surface area contributed by atoms with E-state index in [-0.39, 0.29) is 16.8 Å². The molecule has 0 unspecified atom stereocenters. The van der Waals surface area contributed by atoms with Crippen LogP contribution in [0, 0.1) is 0 Å². The van der Waals surface area contributed by atoms with Crippen LogP contribution in [0.3, 0.4) is 0 Å². The number of benzene rings is 1. The molecule has 1 amide bonds. The molecule has 0 bridgehead atoms. The molecule has 1 fully saturated rings. The van der Waals surface area contributed by atoms with Gasteiger partial charge in [0.2, 0.25) is 15.9 Å². The molecule has 0 heterocycles. The van der Waals surface area contributed by atoms with Crippen molar-refractivity contribution in [3.63, 3.8) is 0 Å². The largest absolute Gasteiger partial charge is 0.503 e. The van der Waals surface area contributed by atoms with Crippen LogP contribution < -0.4 is 10.0 Å². The van der Waals surface area contributed by atoms with Gasteiger partial charge in [-0.25, -0.2) is 17.9 Å². The number of anilines is 1. The number of carbonyl (C=O) groups excluding carboxylic acids is 1. The summed E-state index contributed by atoms with van der Waals surface area (Å²) < 4.78 is 27.2. The van der Waals surface area contributed by atoms with Gasteiger partial charge >= 0.3 is 6.16 Å². The Bertz CT molecular complexity index is 647. The van der Waals surface area contributed by atoms with Crippen LogP contribution in [0.1, 0.15) is 39.0 Å². The molecule has 24 heavy (non-hydrogen) atoms. The number of carbonyl (C=O) groups is 2. The van der Waals surface area contributed by atoms with Crippen molar-refractivity contribution in [1.82, 2.24) is 4.72 Å². The molecule has 1 aliphatic carbocycles. The van der Waals surface area contributed by atoms with Gasteiger partial charge in [-0.05, 0) is 37.1 Å². The number of nitrogens with one attached hydrogen (secondary N) is 2. The summed E-state index contributed by atoms with van der Waals surface area (Å²) in [5, 5.41) is 16.6. The van der Waals surface area contributed by atoms with E-state index >= 15 is 0 Å². The molecule has 9 heteroatoms. The maximum Gasteiger partial charge on any atom is 0.503 e. The molecule has 1 aromatic carbocycles. The van der Waals surface area contributed by atoms with Crippen molar-refractivity contribution in [2.45, 2.75) is 50.0 Å². The first-order valence-electron chi connectivity index (χ1n) is 7.52. The lowest BCUT2D eigenvalue weighted by Gasteiger charge is -2.22. The van der Waals surface area contributed by atoms with Crippen molar-refractivity contribution in [1.29, 1.82) is 0 Å². The van der Waals surface area contributed by atoms with E-state index in [0.717, 1.165) is 25.7 Å². The second-order valence-electron chi connectivity index (χ2n) is 5.44. The third-order valence-corrected chi connectivity index (χ3v) is 4.95. The first-order valence-corrected chi connectivity index (χ1v) is 9.01. The molecule has 2 rings (SSSR count). The molecule has 0 aromatic heterocycles. The number of hydrogen-bond acceptors (Lipinski definition) is 4. The fourth-order valence-electron chi connectivity index (χ4n) is 2.43. The molecule has 134 valence electrons. The Hall–Kier alpha value is -2.13. The number of hydrogen-bond donors (Lipinski definition) is 4. The molecule has 4 N–H and O–H groups in total. The Kier molecular flexibility index (Phi) is 7.66. The van der Waals surface area contributed by atoms with E-state index in [4.69, 9.17) is 15.0 Å². The van der Waals surface area contributed by atoms with Gasteiger partial charge in [-0.15, -0.1) is 0 Å². The Morgan fingerprint density at radius 3 is 2.00 bits per heavy atom. The van der Waals surface area contributed by atoms with Crippen LogP contribution >= 0.6 is 0 Å². The summed E-state index contributed by atoms with van der Waals surface area (Å²) >= 11 is 0. The Balaban J connectivity index is 0.000000648. The Morgan fingerprint density at radius 2 is 1.54 bits per heavy atom. The third-order valence-electron chi connectivity index (χ3n) is 3.41. The van der Waals surface area contributed by atoms with Crippen LogP contribution in [-0.2, 0) is 14.8 Å². The monoisotopic (exact) mass is 358 g/mol. The van der Waals surface area contributed by atoms with Crippen molar-refractivity contribution in [3.05, 3.63) is 24.3 Å². The molecule has 0 saturated heterocycles. The lowest BCUT2D eigenvalue weighted by molar-refractivity contribution is -0.114. The van der Waals surface area contributed by atoms with Gasteiger partial charge in [0.25, 0.3) is 0 Å². The fraction of sp³-hybridized carbons (Fsp3) is 0.467. The summed E-state index contributed by atoms with van der Waals surface area (Å²) in [5.74, 6) is -0.180. The molecule has 8 nitrogen and oxygen atoms in total. The van der Waals surface area contributed by atoms with Crippen LogP contribution in [0.15, 0.2) is 29.2 Å². The van der Waals surface area contributed by atoms with E-state index < -0.39 is 16.2 Å². The average molecular weight is 358 g/mol. The average Bonchev–Trinajstić information content (AvgIpc) is 2.47. The lowest BCUT2D eigenvalue weighted by atomic mass is 9.96. The fourth-order valence-corrected chi connectivity index (χ4v) is 3.73. The van der Waals surface area contributed by atoms with Gasteiger partial charge in [0.05, 0.1) is 4.90 Å². The van der Waals surface area contributed by atoms with Crippen molar-refractivity contribution >= 4 is 27.8 Å². The zero-order chi connectivity index (χ0) is 18.2. The Labute approximate surface area is 140 Å². The summed E-state index contributed by atoms with van der Waals surface area (Å²) in [5.41, 5.74) is 0.592. The first-order chi connectivity index (χ1) is 11.2. The molecular weight excluding hydrogens is 336 g/mol. The normalized spacial score (nSPS) is 15.0. The van der Waals surface area contributed by atoms with Gasteiger partial charge in [0.15, 0.2) is 0 Å². The minimum absolute atomic E-state index is 0.0452. The summed E-state index contributed by atoms with van der Waals surface area (Å²) in [6, 6.07) is 6.25. The van der Waals surface area contributed by atoms with Crippen LogP contribution in [0.5, 0.6) is 0 Å². The van der Waals surface area contributed by atoms with Crippen LogP contribution in [0.2, 0.25) is 0 Å². The molecule has 0 atom stereocenters. The zero-order valence-electron chi connectivity index (χ0n) is 13.4. The zero-order valence-corrected chi connectivity index (χ0v) is 14.2. The van der Waals surface area contributed by atoms with Crippen LogP contribution in [0.4, 0.5) is 10.5 Å². The smallest absolute Gasteiger partial charge is 0.450 e. The molecular formula is C15H22N2O6S. The summed E-state index contributed by atoms with van der Waals surface area (Å²) in [6.45, 7) is 1.41. The third kappa shape index (κ3) is 7.42. The maximum atomic E-state index is 12.2. The number of sulfonamides is 1. The van der Waals surface area contributed by atoms with E-state index in [0.29, 0.717) is 5.69 Å². The second kappa shape index (κ2) is 9.24. The summed E-state index contributed by atoms with van der Waals surface area (Å²) in [4.78, 5) is 19.7. The topological polar surface area (TPSA) is 133 Å². The quantitative estimate of drug-likeness (QED) is 0.653. The standard InChI is InChI=1S/C14H20N2O3S.CH2O3/c1-11(17)15-12-7-9-14(10-8-12)20(18,19)16-13-5-3-2-4-6-13;2-1(3)4/h7-10,13,16H,2-6H2,1H3,(H,15,17);(H2,2,3,4). The van der Waals surface area contributed by atoms with Gasteiger partial charge in [-0.3, -0.25) is 4.79 Å². The van der Waals surface area contributed by atoms with Crippen molar-refractivity contribution in [2.24, 2.45) is 0 Å². The van der Waals surface area contributed by atoms with Gasteiger partial charge in [-0.2, -0.15) is 0 Å². The van der Waals surface area contributed by atoms with Crippen molar-refractivity contribution in [3.8, 4) is 0 Å². The van der Waals surface area contributed by atoms with Gasteiger partial charge in [0, 0.05) is 18.7 Å². The molecule has 0 aliphatic heterocycles. The number of rotatable bonds is 4. The van der Waals surface area contributed by atoms with Crippen LogP contribution in [-0.4, -0.2) is 36.7 Å².